The summed E-state index contributed by atoms with van der Waals surface area (Å²) in [5.74, 6) is 5.47. The Labute approximate surface area is 198 Å². The van der Waals surface area contributed by atoms with Gasteiger partial charge in [-0.15, -0.1) is 0 Å². The van der Waals surface area contributed by atoms with Gasteiger partial charge in [-0.25, -0.2) is 4.39 Å². The number of rotatable bonds is 3. The second-order valence-electron chi connectivity index (χ2n) is 9.13. The van der Waals surface area contributed by atoms with Gasteiger partial charge in [-0.1, -0.05) is 30.0 Å². The molecule has 7 heteroatoms. The predicted octanol–water partition coefficient (Wildman–Crippen LogP) is 2.15. The third-order valence-corrected chi connectivity index (χ3v) is 7.11. The third-order valence-electron chi connectivity index (χ3n) is 7.11. The van der Waals surface area contributed by atoms with Crippen molar-refractivity contribution >= 4 is 11.8 Å². The van der Waals surface area contributed by atoms with E-state index in [1.807, 2.05) is 24.3 Å². The lowest BCUT2D eigenvalue weighted by atomic mass is 9.73. The van der Waals surface area contributed by atoms with Crippen molar-refractivity contribution in [3.63, 3.8) is 0 Å². The second kappa shape index (κ2) is 9.57. The van der Waals surface area contributed by atoms with Gasteiger partial charge >= 0.3 is 0 Å². The molecule has 0 radical (unpaired) electrons. The highest BCUT2D eigenvalue weighted by Gasteiger charge is 2.54. The highest BCUT2D eigenvalue weighted by atomic mass is 19.1. The summed E-state index contributed by atoms with van der Waals surface area (Å²) in [5.41, 5.74) is 2.40. The summed E-state index contributed by atoms with van der Waals surface area (Å²) in [5, 5.41) is 10.00. The molecular weight excluding hydrogens is 435 g/mol. The molecule has 0 spiro atoms. The number of piperazine rings is 1. The van der Waals surface area contributed by atoms with E-state index in [4.69, 9.17) is 4.74 Å². The number of carbonyl (C=O) groups excluding carboxylic acids is 2. The number of aliphatic hydroxyl groups is 1. The van der Waals surface area contributed by atoms with E-state index >= 15 is 0 Å². The number of ether oxygens (including phenoxy) is 1. The highest BCUT2D eigenvalue weighted by Crippen LogP contribution is 2.43. The topological polar surface area (TPSA) is 70.1 Å². The van der Waals surface area contributed by atoms with Crippen LogP contribution in [0.4, 0.5) is 4.39 Å². The van der Waals surface area contributed by atoms with Crippen LogP contribution < -0.4 is 0 Å². The molecule has 34 heavy (non-hydrogen) atoms. The molecule has 3 atom stereocenters. The molecule has 0 saturated carbocycles. The molecule has 6 nitrogen and oxygen atoms in total. The van der Waals surface area contributed by atoms with Gasteiger partial charge in [0.1, 0.15) is 5.82 Å². The molecule has 1 N–H and O–H groups in total. The standard InChI is InChI=1S/C27H27FN2O4/c28-22-3-1-2-19(14-22)5-4-18-6-8-20(9-7-18)26-23-15-29(16-25(32)30(23)24(26)17-31)27(33)21-10-12-34-13-11-21/h1-3,6-9,14,21,23-24,26,31H,10-13,15-17H2/t23-,24-,26-/m0/s1. The van der Waals surface area contributed by atoms with E-state index in [1.165, 1.54) is 12.1 Å². The number of amides is 2. The zero-order chi connectivity index (χ0) is 23.7. The van der Waals surface area contributed by atoms with Crippen molar-refractivity contribution in [2.75, 3.05) is 32.9 Å². The van der Waals surface area contributed by atoms with Gasteiger partial charge in [-0.3, -0.25) is 9.59 Å². The first-order chi connectivity index (χ1) is 16.5. The van der Waals surface area contributed by atoms with E-state index in [9.17, 15) is 19.1 Å². The Balaban J connectivity index is 1.32. The van der Waals surface area contributed by atoms with Crippen molar-refractivity contribution in [3.05, 3.63) is 71.0 Å². The molecule has 3 fully saturated rings. The number of benzene rings is 2. The number of aliphatic hydroxyl groups excluding tert-OH is 1. The number of fused-ring (bicyclic) bond motifs is 1. The molecule has 176 valence electrons. The molecule has 0 unspecified atom stereocenters. The van der Waals surface area contributed by atoms with Crippen molar-refractivity contribution in [1.82, 2.24) is 9.80 Å². The van der Waals surface area contributed by atoms with Crippen LogP contribution in [0.3, 0.4) is 0 Å². The van der Waals surface area contributed by atoms with Gasteiger partial charge in [0.25, 0.3) is 0 Å². The molecule has 2 amide bonds. The monoisotopic (exact) mass is 462 g/mol. The molecule has 0 aliphatic carbocycles. The van der Waals surface area contributed by atoms with Gasteiger partial charge in [-0.05, 0) is 48.7 Å². The Morgan fingerprint density at radius 2 is 1.82 bits per heavy atom. The van der Waals surface area contributed by atoms with Crippen LogP contribution in [0.25, 0.3) is 0 Å². The maximum Gasteiger partial charge on any atom is 0.242 e. The van der Waals surface area contributed by atoms with E-state index in [-0.39, 0.29) is 54.7 Å². The molecule has 3 aliphatic rings. The number of carbonyl (C=O) groups is 2. The number of halogens is 1. The van der Waals surface area contributed by atoms with Crippen LogP contribution in [-0.4, -0.2) is 71.7 Å². The smallest absolute Gasteiger partial charge is 0.242 e. The lowest BCUT2D eigenvalue weighted by Gasteiger charge is -2.59. The van der Waals surface area contributed by atoms with Crippen molar-refractivity contribution in [2.45, 2.75) is 30.8 Å². The van der Waals surface area contributed by atoms with Crippen molar-refractivity contribution < 1.29 is 23.8 Å². The first-order valence-electron chi connectivity index (χ1n) is 11.7. The molecule has 3 aliphatic heterocycles. The molecule has 3 heterocycles. The van der Waals surface area contributed by atoms with Crippen LogP contribution in [0.5, 0.6) is 0 Å². The van der Waals surface area contributed by atoms with Crippen LogP contribution in [0, 0.1) is 23.6 Å². The van der Waals surface area contributed by atoms with Crippen molar-refractivity contribution in [1.29, 1.82) is 0 Å². The first kappa shape index (κ1) is 22.6. The quantitative estimate of drug-likeness (QED) is 0.710. The third kappa shape index (κ3) is 4.31. The average Bonchev–Trinajstić information content (AvgIpc) is 2.85. The molecular formula is C27H27FN2O4. The Morgan fingerprint density at radius 1 is 1.09 bits per heavy atom. The van der Waals surface area contributed by atoms with Crippen LogP contribution in [0.15, 0.2) is 48.5 Å². The fourth-order valence-electron chi connectivity index (χ4n) is 5.37. The van der Waals surface area contributed by atoms with Gasteiger partial charge in [0.2, 0.25) is 11.8 Å². The van der Waals surface area contributed by atoms with Crippen molar-refractivity contribution in [2.24, 2.45) is 5.92 Å². The minimum absolute atomic E-state index is 0.0328. The Bertz CT molecular complexity index is 1130. The summed E-state index contributed by atoms with van der Waals surface area (Å²) in [6.45, 7) is 1.59. The minimum Gasteiger partial charge on any atom is -0.394 e. The van der Waals surface area contributed by atoms with Crippen molar-refractivity contribution in [3.8, 4) is 11.8 Å². The van der Waals surface area contributed by atoms with Crippen LogP contribution in [0.2, 0.25) is 0 Å². The Kier molecular flexibility index (Phi) is 6.36. The largest absolute Gasteiger partial charge is 0.394 e. The second-order valence-corrected chi connectivity index (χ2v) is 9.13. The SMILES string of the molecule is O=C(C1CCOCC1)N1CC(=O)N2[C@@H](CO)[C@@H](c3ccc(C#Cc4cccc(F)c4)cc3)[C@@H]2C1. The van der Waals surface area contributed by atoms with Crippen LogP contribution >= 0.6 is 0 Å². The minimum atomic E-state index is -0.321. The fourth-order valence-corrected chi connectivity index (χ4v) is 5.37. The summed E-state index contributed by atoms with van der Waals surface area (Å²) >= 11 is 0. The van der Waals surface area contributed by atoms with E-state index in [0.717, 1.165) is 11.1 Å². The lowest BCUT2D eigenvalue weighted by Crippen LogP contribution is -2.73. The van der Waals surface area contributed by atoms with E-state index in [0.29, 0.717) is 38.2 Å². The summed E-state index contributed by atoms with van der Waals surface area (Å²) in [4.78, 5) is 29.3. The molecule has 0 aromatic heterocycles. The van der Waals surface area contributed by atoms with Gasteiger partial charge in [0.05, 0.1) is 25.2 Å². The average molecular weight is 463 g/mol. The Hall–Kier alpha value is -3.21. The number of hydrogen-bond acceptors (Lipinski definition) is 4. The summed E-state index contributed by atoms with van der Waals surface area (Å²) in [6, 6.07) is 13.4. The molecule has 3 saturated heterocycles. The number of hydrogen-bond donors (Lipinski definition) is 1. The highest BCUT2D eigenvalue weighted by molar-refractivity contribution is 5.88. The molecule has 5 rings (SSSR count). The van der Waals surface area contributed by atoms with E-state index in [2.05, 4.69) is 11.8 Å². The van der Waals surface area contributed by atoms with E-state index in [1.54, 1.807) is 21.9 Å². The summed E-state index contributed by atoms with van der Waals surface area (Å²) < 4.78 is 18.7. The van der Waals surface area contributed by atoms with Gasteiger partial charge in [0.15, 0.2) is 0 Å². The molecule has 0 bridgehead atoms. The first-order valence-corrected chi connectivity index (χ1v) is 11.7. The normalized spacial score (nSPS) is 24.6. The number of nitrogens with zero attached hydrogens (tertiary/aromatic N) is 2. The lowest BCUT2D eigenvalue weighted by molar-refractivity contribution is -0.169. The van der Waals surface area contributed by atoms with Gasteiger partial charge < -0.3 is 19.6 Å². The zero-order valence-electron chi connectivity index (χ0n) is 18.8. The Morgan fingerprint density at radius 3 is 2.53 bits per heavy atom. The van der Waals surface area contributed by atoms with Crippen LogP contribution in [0.1, 0.15) is 35.4 Å². The van der Waals surface area contributed by atoms with Gasteiger partial charge in [0, 0.05) is 42.7 Å². The molecule has 2 aromatic rings. The predicted molar refractivity (Wildman–Crippen MR) is 123 cm³/mol. The summed E-state index contributed by atoms with van der Waals surface area (Å²) in [6.07, 6.45) is 1.39. The van der Waals surface area contributed by atoms with E-state index < -0.39 is 0 Å². The fraction of sp³-hybridized carbons (Fsp3) is 0.407. The summed E-state index contributed by atoms with van der Waals surface area (Å²) in [7, 11) is 0. The maximum atomic E-state index is 13.4. The maximum absolute atomic E-state index is 13.4. The van der Waals surface area contributed by atoms with Crippen LogP contribution in [-0.2, 0) is 14.3 Å². The van der Waals surface area contributed by atoms with Gasteiger partial charge in [-0.2, -0.15) is 0 Å². The molecule has 2 aromatic carbocycles. The zero-order valence-corrected chi connectivity index (χ0v) is 18.8.